The Morgan fingerprint density at radius 3 is 2.10 bits per heavy atom. The summed E-state index contributed by atoms with van der Waals surface area (Å²) in [5.41, 5.74) is 3.39. The quantitative estimate of drug-likeness (QED) is 0.529. The summed E-state index contributed by atoms with van der Waals surface area (Å²) < 4.78 is 12.4. The van der Waals surface area contributed by atoms with E-state index in [-0.39, 0.29) is 18.4 Å². The third-order valence-corrected chi connectivity index (χ3v) is 4.97. The van der Waals surface area contributed by atoms with Gasteiger partial charge in [0.15, 0.2) is 11.5 Å². The molecule has 0 fully saturated rings. The van der Waals surface area contributed by atoms with E-state index in [4.69, 9.17) is 14.6 Å². The second-order valence-electron chi connectivity index (χ2n) is 6.79. The van der Waals surface area contributed by atoms with Gasteiger partial charge in [-0.3, -0.25) is 4.79 Å². The van der Waals surface area contributed by atoms with Crippen LogP contribution in [0.1, 0.15) is 17.2 Å². The van der Waals surface area contributed by atoms with E-state index in [1.165, 1.54) is 0 Å². The zero-order valence-electron chi connectivity index (χ0n) is 15.6. The molecule has 142 valence electrons. The molecule has 0 atom stereocenters. The summed E-state index contributed by atoms with van der Waals surface area (Å²) in [5, 5.41) is 4.73. The molecule has 0 amide bonds. The average molecular weight is 382 g/mol. The molecule has 1 aliphatic heterocycles. The minimum Gasteiger partial charge on any atom is -0.454 e. The largest absolute Gasteiger partial charge is 0.454 e. The number of nitrogens with zero attached hydrogens (tertiary/aromatic N) is 2. The zero-order valence-corrected chi connectivity index (χ0v) is 15.6. The van der Waals surface area contributed by atoms with E-state index in [9.17, 15) is 4.79 Å². The van der Waals surface area contributed by atoms with Gasteiger partial charge in [-0.05, 0) is 35.4 Å². The van der Waals surface area contributed by atoms with Crippen molar-refractivity contribution in [3.8, 4) is 22.8 Å². The molecule has 1 aromatic heterocycles. The molecule has 0 spiro atoms. The number of hydrogen-bond acceptors (Lipinski definition) is 4. The zero-order chi connectivity index (χ0) is 19.6. The van der Waals surface area contributed by atoms with E-state index < -0.39 is 0 Å². The molecular weight excluding hydrogens is 364 g/mol. The van der Waals surface area contributed by atoms with Gasteiger partial charge in [-0.1, -0.05) is 60.7 Å². The van der Waals surface area contributed by atoms with Crippen molar-refractivity contribution in [1.82, 2.24) is 9.78 Å². The van der Waals surface area contributed by atoms with Crippen LogP contribution in [0.15, 0.2) is 95.8 Å². The first-order valence-corrected chi connectivity index (χ1v) is 9.39. The van der Waals surface area contributed by atoms with Crippen LogP contribution in [-0.4, -0.2) is 16.6 Å². The Hall–Kier alpha value is -3.86. The molecule has 0 unspecified atom stereocenters. The molecule has 3 aromatic carbocycles. The van der Waals surface area contributed by atoms with Crippen molar-refractivity contribution < 1.29 is 9.47 Å². The van der Waals surface area contributed by atoms with Crippen LogP contribution in [0.25, 0.3) is 11.3 Å². The lowest BCUT2D eigenvalue weighted by Gasteiger charge is -2.20. The first-order chi connectivity index (χ1) is 14.3. The number of fused-ring (bicyclic) bond motifs is 1. The molecule has 2 heterocycles. The van der Waals surface area contributed by atoms with Crippen molar-refractivity contribution >= 4 is 0 Å². The van der Waals surface area contributed by atoms with Crippen LogP contribution in [0.5, 0.6) is 11.5 Å². The minimum atomic E-state index is -0.320. The predicted octanol–water partition coefficient (Wildman–Crippen LogP) is 4.28. The van der Waals surface area contributed by atoms with Crippen molar-refractivity contribution in [2.75, 3.05) is 6.79 Å². The lowest BCUT2D eigenvalue weighted by atomic mass is 9.99. The summed E-state index contributed by atoms with van der Waals surface area (Å²) in [6.45, 7) is 0.218. The molecule has 1 aliphatic rings. The van der Waals surface area contributed by atoms with Crippen LogP contribution < -0.4 is 15.0 Å². The molecule has 0 aliphatic carbocycles. The maximum Gasteiger partial charge on any atom is 0.267 e. The van der Waals surface area contributed by atoms with Crippen LogP contribution in [-0.2, 0) is 0 Å². The van der Waals surface area contributed by atoms with Crippen molar-refractivity contribution in [3.63, 3.8) is 0 Å². The van der Waals surface area contributed by atoms with Crippen LogP contribution in [0.2, 0.25) is 0 Å². The summed E-state index contributed by atoms with van der Waals surface area (Å²) in [7, 11) is 0. The molecule has 5 heteroatoms. The number of hydrogen-bond donors (Lipinski definition) is 0. The number of rotatable bonds is 4. The van der Waals surface area contributed by atoms with E-state index >= 15 is 0 Å². The van der Waals surface area contributed by atoms with Gasteiger partial charge in [-0.15, -0.1) is 0 Å². The fourth-order valence-corrected chi connectivity index (χ4v) is 3.57. The van der Waals surface area contributed by atoms with Gasteiger partial charge < -0.3 is 9.47 Å². The number of aromatic nitrogens is 2. The molecule has 0 bridgehead atoms. The topological polar surface area (TPSA) is 53.4 Å². The third-order valence-electron chi connectivity index (χ3n) is 4.97. The Kier molecular flexibility index (Phi) is 4.33. The summed E-state index contributed by atoms with van der Waals surface area (Å²) in [5.74, 6) is 1.40. The molecule has 0 radical (unpaired) electrons. The van der Waals surface area contributed by atoms with Crippen molar-refractivity contribution in [2.24, 2.45) is 0 Å². The van der Waals surface area contributed by atoms with E-state index in [0.29, 0.717) is 17.2 Å². The van der Waals surface area contributed by atoms with Crippen LogP contribution in [0.3, 0.4) is 0 Å². The highest BCUT2D eigenvalue weighted by atomic mass is 16.7. The highest BCUT2D eigenvalue weighted by Gasteiger charge is 2.20. The summed E-state index contributed by atoms with van der Waals surface area (Å²) in [6, 6.07) is 28.5. The lowest BCUT2D eigenvalue weighted by Crippen LogP contribution is -2.28. The van der Waals surface area contributed by atoms with Crippen molar-refractivity contribution in [2.45, 2.75) is 6.04 Å². The third kappa shape index (κ3) is 3.27. The Morgan fingerprint density at radius 2 is 1.41 bits per heavy atom. The standard InChI is InChI=1S/C24H18N2O3/c27-23-14-12-20(19-11-13-21-22(15-19)29-16-28-21)25-26(23)24(17-7-3-1-4-8-17)18-9-5-2-6-10-18/h1-15,24H,16H2. The van der Waals surface area contributed by atoms with E-state index in [2.05, 4.69) is 0 Å². The molecule has 29 heavy (non-hydrogen) atoms. The first kappa shape index (κ1) is 17.3. The van der Waals surface area contributed by atoms with Gasteiger partial charge in [-0.2, -0.15) is 5.10 Å². The highest BCUT2D eigenvalue weighted by molar-refractivity contribution is 5.64. The summed E-state index contributed by atoms with van der Waals surface area (Å²) in [4.78, 5) is 12.8. The van der Waals surface area contributed by atoms with E-state index in [1.54, 1.807) is 16.8 Å². The summed E-state index contributed by atoms with van der Waals surface area (Å²) in [6.07, 6.45) is 0. The smallest absolute Gasteiger partial charge is 0.267 e. The van der Waals surface area contributed by atoms with Crippen LogP contribution >= 0.6 is 0 Å². The highest BCUT2D eigenvalue weighted by Crippen LogP contribution is 2.35. The Morgan fingerprint density at radius 1 is 0.759 bits per heavy atom. The molecule has 0 saturated carbocycles. The van der Waals surface area contributed by atoms with E-state index in [1.807, 2.05) is 78.9 Å². The van der Waals surface area contributed by atoms with Gasteiger partial charge in [-0.25, -0.2) is 4.68 Å². The Labute approximate surface area is 167 Å². The Bertz CT molecular complexity index is 1160. The minimum absolute atomic E-state index is 0.160. The van der Waals surface area contributed by atoms with Gasteiger partial charge >= 0.3 is 0 Å². The predicted molar refractivity (Wildman–Crippen MR) is 110 cm³/mol. The Balaban J connectivity index is 1.65. The molecule has 0 saturated heterocycles. The SMILES string of the molecule is O=c1ccc(-c2ccc3c(c2)OCO3)nn1C(c1ccccc1)c1ccccc1. The van der Waals surface area contributed by atoms with E-state index in [0.717, 1.165) is 16.7 Å². The van der Waals surface area contributed by atoms with Gasteiger partial charge in [0.1, 0.15) is 6.04 Å². The maximum absolute atomic E-state index is 12.8. The van der Waals surface area contributed by atoms with Crippen LogP contribution in [0.4, 0.5) is 0 Å². The number of ether oxygens (including phenoxy) is 2. The first-order valence-electron chi connectivity index (χ1n) is 9.39. The molecular formula is C24H18N2O3. The second-order valence-corrected chi connectivity index (χ2v) is 6.79. The lowest BCUT2D eigenvalue weighted by molar-refractivity contribution is 0.174. The maximum atomic E-state index is 12.8. The van der Waals surface area contributed by atoms with Gasteiger partial charge in [0.2, 0.25) is 6.79 Å². The van der Waals surface area contributed by atoms with Crippen molar-refractivity contribution in [1.29, 1.82) is 0 Å². The number of benzene rings is 3. The molecule has 5 rings (SSSR count). The fourth-order valence-electron chi connectivity index (χ4n) is 3.57. The molecule has 5 nitrogen and oxygen atoms in total. The normalized spacial score (nSPS) is 12.3. The monoisotopic (exact) mass is 382 g/mol. The second kappa shape index (κ2) is 7.28. The van der Waals surface area contributed by atoms with Crippen molar-refractivity contribution in [3.05, 3.63) is 112 Å². The van der Waals surface area contributed by atoms with Gasteiger partial charge in [0.05, 0.1) is 5.69 Å². The summed E-state index contributed by atoms with van der Waals surface area (Å²) >= 11 is 0. The van der Waals surface area contributed by atoms with Crippen LogP contribution in [0, 0.1) is 0 Å². The van der Waals surface area contributed by atoms with Gasteiger partial charge in [0, 0.05) is 11.6 Å². The average Bonchev–Trinajstić information content (AvgIpc) is 3.25. The fraction of sp³-hybridized carbons (Fsp3) is 0.0833. The molecule has 4 aromatic rings. The van der Waals surface area contributed by atoms with Gasteiger partial charge in [0.25, 0.3) is 5.56 Å². The molecule has 0 N–H and O–H groups in total.